The molecule has 64 heavy (non-hydrogen) atoms. The molecule has 5 nitrogen and oxygen atoms in total. The van der Waals surface area contributed by atoms with E-state index in [9.17, 15) is 0 Å². The van der Waals surface area contributed by atoms with Crippen molar-refractivity contribution in [1.82, 2.24) is 19.4 Å². The highest BCUT2D eigenvalue weighted by Gasteiger charge is 2.21. The maximum absolute atomic E-state index is 5.73. The first-order valence-corrected chi connectivity index (χ1v) is 21.6. The van der Waals surface area contributed by atoms with Crippen LogP contribution in [0.1, 0.15) is 0 Å². The van der Waals surface area contributed by atoms with Gasteiger partial charge in [0.05, 0.1) is 28.1 Å². The Morgan fingerprint density at radius 1 is 0.328 bits per heavy atom. The molecule has 0 amide bonds. The summed E-state index contributed by atoms with van der Waals surface area (Å²) in [6.07, 6.45) is 4.10. The monoisotopic (exact) mass is 817 g/mol. The number of nitrogens with zero attached hydrogens (tertiary/aromatic N) is 5. The van der Waals surface area contributed by atoms with Crippen LogP contribution in [-0.4, -0.2) is 19.4 Å². The molecule has 9 aromatic carbocycles. The summed E-state index contributed by atoms with van der Waals surface area (Å²) in [5, 5.41) is 4.73. The Bertz CT molecular complexity index is 3610. The molecule has 0 saturated carbocycles. The number of para-hydroxylation sites is 1. The molecule has 0 fully saturated rings. The van der Waals surface area contributed by atoms with Gasteiger partial charge in [-0.25, -0.2) is 15.0 Å². The minimum atomic E-state index is 0.824. The molecule has 0 aliphatic rings. The average Bonchev–Trinajstić information content (AvgIpc) is 3.81. The van der Waals surface area contributed by atoms with E-state index in [2.05, 4.69) is 222 Å². The van der Waals surface area contributed by atoms with Gasteiger partial charge in [0.15, 0.2) is 0 Å². The number of imidazole rings is 1. The van der Waals surface area contributed by atoms with Crippen LogP contribution in [0, 0.1) is 0 Å². The van der Waals surface area contributed by atoms with Crippen molar-refractivity contribution in [2.24, 2.45) is 0 Å². The predicted octanol–water partition coefficient (Wildman–Crippen LogP) is 15.4. The second-order valence-corrected chi connectivity index (χ2v) is 16.1. The smallest absolute Gasteiger partial charge is 0.137 e. The zero-order valence-corrected chi connectivity index (χ0v) is 34.8. The van der Waals surface area contributed by atoms with E-state index in [0.717, 1.165) is 89.8 Å². The van der Waals surface area contributed by atoms with Crippen molar-refractivity contribution in [3.05, 3.63) is 237 Å². The number of hydrogen-bond acceptors (Lipinski definition) is 4. The third kappa shape index (κ3) is 6.55. The first-order valence-electron chi connectivity index (χ1n) is 21.6. The third-order valence-electron chi connectivity index (χ3n) is 12.2. The van der Waals surface area contributed by atoms with Crippen LogP contribution in [0.4, 0.5) is 17.1 Å². The molecule has 0 spiro atoms. The number of fused-ring (bicyclic) bond motifs is 4. The van der Waals surface area contributed by atoms with E-state index >= 15 is 0 Å². The highest BCUT2D eigenvalue weighted by atomic mass is 15.1. The summed E-state index contributed by atoms with van der Waals surface area (Å²) in [7, 11) is 0. The second-order valence-electron chi connectivity index (χ2n) is 16.1. The highest BCUT2D eigenvalue weighted by molar-refractivity contribution is 6.11. The lowest BCUT2D eigenvalue weighted by molar-refractivity contribution is 1.19. The molecule has 3 heterocycles. The zero-order chi connectivity index (χ0) is 42.4. The maximum atomic E-state index is 5.73. The Balaban J connectivity index is 1.04. The third-order valence-corrected chi connectivity index (χ3v) is 12.2. The van der Waals surface area contributed by atoms with Gasteiger partial charge >= 0.3 is 0 Å². The Labute approximate surface area is 370 Å². The fraction of sp³-hybridized carbons (Fsp3) is 0. The summed E-state index contributed by atoms with van der Waals surface area (Å²) in [4.78, 5) is 18.6. The molecule has 0 unspecified atom stereocenters. The summed E-state index contributed by atoms with van der Waals surface area (Å²) < 4.78 is 2.05. The minimum Gasteiger partial charge on any atom is -0.311 e. The fourth-order valence-corrected chi connectivity index (χ4v) is 9.14. The molecule has 0 atom stereocenters. The van der Waals surface area contributed by atoms with Crippen LogP contribution in [0.25, 0.3) is 94.3 Å². The maximum Gasteiger partial charge on any atom is 0.137 e. The van der Waals surface area contributed by atoms with Crippen molar-refractivity contribution in [2.45, 2.75) is 0 Å². The fourth-order valence-electron chi connectivity index (χ4n) is 9.14. The lowest BCUT2D eigenvalue weighted by Crippen LogP contribution is -2.09. The van der Waals surface area contributed by atoms with Gasteiger partial charge in [-0.2, -0.15) is 0 Å². The number of rotatable bonds is 8. The summed E-state index contributed by atoms with van der Waals surface area (Å²) >= 11 is 0. The van der Waals surface area contributed by atoms with Crippen molar-refractivity contribution in [1.29, 1.82) is 0 Å². The van der Waals surface area contributed by atoms with Gasteiger partial charge in [0.1, 0.15) is 5.65 Å². The van der Waals surface area contributed by atoms with Gasteiger partial charge in [-0.1, -0.05) is 176 Å². The molecule has 0 N–H and O–H groups in total. The molecular weight excluding hydrogens is 779 g/mol. The largest absolute Gasteiger partial charge is 0.311 e. The second kappa shape index (κ2) is 15.7. The molecule has 5 heteroatoms. The Hall–Kier alpha value is -8.67. The molecule has 0 aliphatic heterocycles. The summed E-state index contributed by atoms with van der Waals surface area (Å²) in [5.74, 6) is 0. The first-order chi connectivity index (χ1) is 31.7. The van der Waals surface area contributed by atoms with Crippen LogP contribution in [-0.2, 0) is 0 Å². The van der Waals surface area contributed by atoms with Crippen molar-refractivity contribution in [2.75, 3.05) is 4.90 Å². The summed E-state index contributed by atoms with van der Waals surface area (Å²) in [6, 6.07) is 79.1. The average molecular weight is 818 g/mol. The van der Waals surface area contributed by atoms with Crippen LogP contribution in [0.15, 0.2) is 237 Å². The molecule has 300 valence electrons. The van der Waals surface area contributed by atoms with Gasteiger partial charge in [0.2, 0.25) is 0 Å². The molecule has 12 rings (SSSR count). The van der Waals surface area contributed by atoms with E-state index in [1.54, 1.807) is 0 Å². The predicted molar refractivity (Wildman–Crippen MR) is 265 cm³/mol. The van der Waals surface area contributed by atoms with Gasteiger partial charge in [0, 0.05) is 57.3 Å². The quantitative estimate of drug-likeness (QED) is 0.153. The Kier molecular flexibility index (Phi) is 9.08. The summed E-state index contributed by atoms with van der Waals surface area (Å²) in [6.45, 7) is 0. The lowest BCUT2D eigenvalue weighted by Gasteiger charge is -2.26. The first kappa shape index (κ1) is 37.1. The van der Waals surface area contributed by atoms with E-state index in [-0.39, 0.29) is 0 Å². The van der Waals surface area contributed by atoms with Gasteiger partial charge < -0.3 is 9.30 Å². The minimum absolute atomic E-state index is 0.824. The van der Waals surface area contributed by atoms with Crippen molar-refractivity contribution in [3.63, 3.8) is 0 Å². The Morgan fingerprint density at radius 2 is 0.797 bits per heavy atom. The number of anilines is 3. The highest BCUT2D eigenvalue weighted by Crippen LogP contribution is 2.43. The Morgan fingerprint density at radius 3 is 1.38 bits per heavy atom. The van der Waals surface area contributed by atoms with E-state index in [1.165, 1.54) is 21.5 Å². The standard InChI is InChI=1S/C59H39N5/c1-3-17-43(18-4-1)56-57(44-30-34-47(35-31-44)64(45-21-5-2-6-22-45)46-32-28-42(29-33-46)54-39-63-38-12-11-27-55(63)60-54)62-59-53(51-26-14-20-41-16-8-10-24-49(41)51)37-36-52(58(59)61-56)50-25-13-19-40-15-7-9-23-48(40)50/h1-39H. The topological polar surface area (TPSA) is 46.3 Å². The SMILES string of the molecule is c1ccc(-c2nc3c(-c4cccc5ccccc45)ccc(-c4cccc5ccccc45)c3nc2-c2ccc(N(c3ccccc3)c3ccc(-c4cn5ccccc5n4)cc3)cc2)cc1. The number of pyridine rings is 1. The molecule has 0 radical (unpaired) electrons. The van der Waals surface area contributed by atoms with Gasteiger partial charge in [-0.15, -0.1) is 0 Å². The van der Waals surface area contributed by atoms with Crippen molar-refractivity contribution in [3.8, 4) is 56.0 Å². The van der Waals surface area contributed by atoms with Crippen LogP contribution in [0.2, 0.25) is 0 Å². The van der Waals surface area contributed by atoms with Gasteiger partial charge in [0.25, 0.3) is 0 Å². The molecule has 0 aliphatic carbocycles. The van der Waals surface area contributed by atoms with E-state index in [4.69, 9.17) is 15.0 Å². The lowest BCUT2D eigenvalue weighted by atomic mass is 9.91. The summed E-state index contributed by atoms with van der Waals surface area (Å²) in [5.41, 5.74) is 15.8. The van der Waals surface area contributed by atoms with Crippen LogP contribution in [0.5, 0.6) is 0 Å². The van der Waals surface area contributed by atoms with E-state index in [0.29, 0.717) is 0 Å². The van der Waals surface area contributed by atoms with Crippen LogP contribution in [0.3, 0.4) is 0 Å². The molecular formula is C59H39N5. The molecule has 0 saturated heterocycles. The van der Waals surface area contributed by atoms with Crippen LogP contribution < -0.4 is 4.90 Å². The molecule has 12 aromatic rings. The van der Waals surface area contributed by atoms with E-state index in [1.807, 2.05) is 24.4 Å². The van der Waals surface area contributed by atoms with Crippen molar-refractivity contribution < 1.29 is 0 Å². The zero-order valence-electron chi connectivity index (χ0n) is 34.8. The number of aromatic nitrogens is 4. The number of benzene rings is 9. The van der Waals surface area contributed by atoms with Gasteiger partial charge in [-0.05, 0) is 81.2 Å². The molecule has 0 bridgehead atoms. The normalized spacial score (nSPS) is 11.4. The van der Waals surface area contributed by atoms with Crippen molar-refractivity contribution >= 4 is 55.3 Å². The molecule has 3 aromatic heterocycles. The van der Waals surface area contributed by atoms with Gasteiger partial charge in [-0.3, -0.25) is 0 Å². The van der Waals surface area contributed by atoms with Crippen LogP contribution >= 0.6 is 0 Å². The number of hydrogen-bond donors (Lipinski definition) is 0. The van der Waals surface area contributed by atoms with E-state index < -0.39 is 0 Å².